The van der Waals surface area contributed by atoms with Crippen molar-refractivity contribution in [3.63, 3.8) is 0 Å². The third-order valence-corrected chi connectivity index (χ3v) is 16.9. The van der Waals surface area contributed by atoms with Crippen LogP contribution in [0, 0.1) is 39.4 Å². The standard InChI is InChI=1S/C73H64N4O5S/c1-72(2)45-55(21-16-28-67-66(49-76)70(57(47-74)48-75)82-73(67,3)58-22-6-5-7-23-58)71(83-42-41-81-69(79)38-36-65-62-26-14-10-19-53(62)44-54-20-11-15-27-63(54)65)56(46-72)32-29-50-30-33-59(34-31-50)77(4)39-40-80-68(78)37-35-64-60-24-12-8-17-51(60)43-52-18-9-13-25-61(52)64/h5-34,43-44H,35-42,45-46H2,1-4H3/b28-16+,32-29+,55-21+. The molecule has 1 aliphatic carbocycles. The molecule has 10 heteroatoms. The molecule has 1 heterocycles. The predicted octanol–water partition coefficient (Wildman–Crippen LogP) is 16.5. The lowest BCUT2D eigenvalue weighted by molar-refractivity contribution is -0.144. The fraction of sp³-hybridized carbons (Fsp3) is 0.219. The molecule has 1 atom stereocenters. The third kappa shape index (κ3) is 12.9. The summed E-state index contributed by atoms with van der Waals surface area (Å²) in [7, 11) is 2.00. The van der Waals surface area contributed by atoms with Crippen LogP contribution in [0.1, 0.15) is 68.7 Å². The first-order valence-corrected chi connectivity index (χ1v) is 29.1. The molecule has 1 aliphatic heterocycles. The van der Waals surface area contributed by atoms with Gasteiger partial charge in [0.2, 0.25) is 0 Å². The third-order valence-electron chi connectivity index (χ3n) is 15.7. The number of esters is 2. The molecule has 0 saturated heterocycles. The molecular weight excluding hydrogens is 1040 g/mol. The van der Waals surface area contributed by atoms with Crippen molar-refractivity contribution in [1.29, 1.82) is 15.8 Å². The van der Waals surface area contributed by atoms with Gasteiger partial charge < -0.3 is 19.1 Å². The molecule has 0 radical (unpaired) electrons. The maximum absolute atomic E-state index is 13.5. The lowest BCUT2D eigenvalue weighted by atomic mass is 9.74. The van der Waals surface area contributed by atoms with E-state index in [9.17, 15) is 25.4 Å². The number of hydrogen-bond acceptors (Lipinski definition) is 10. The Morgan fingerprint density at radius 2 is 1.16 bits per heavy atom. The average Bonchev–Trinajstić information content (AvgIpc) is 3.99. The number of ether oxygens (including phenoxy) is 3. The van der Waals surface area contributed by atoms with E-state index in [2.05, 4.69) is 128 Å². The van der Waals surface area contributed by atoms with Gasteiger partial charge in [-0.1, -0.05) is 184 Å². The Morgan fingerprint density at radius 1 is 0.639 bits per heavy atom. The number of allylic oxidation sites excluding steroid dienone is 7. The molecule has 10 rings (SSSR count). The fourth-order valence-corrected chi connectivity index (χ4v) is 12.6. The molecule has 412 valence electrons. The van der Waals surface area contributed by atoms with Crippen LogP contribution in [0.4, 0.5) is 5.69 Å². The van der Waals surface area contributed by atoms with Crippen molar-refractivity contribution in [1.82, 2.24) is 0 Å². The smallest absolute Gasteiger partial charge is 0.306 e. The largest absolute Gasteiger partial charge is 0.474 e. The summed E-state index contributed by atoms with van der Waals surface area (Å²) in [4.78, 5) is 29.8. The van der Waals surface area contributed by atoms with Gasteiger partial charge in [0.25, 0.3) is 0 Å². The van der Waals surface area contributed by atoms with Crippen LogP contribution in [0.25, 0.3) is 49.2 Å². The van der Waals surface area contributed by atoms with E-state index in [0.717, 1.165) is 94.4 Å². The van der Waals surface area contributed by atoms with Gasteiger partial charge in [-0.2, -0.15) is 15.8 Å². The lowest BCUT2D eigenvalue weighted by Crippen LogP contribution is -2.24. The van der Waals surface area contributed by atoms with Crippen LogP contribution in [0.3, 0.4) is 0 Å². The zero-order chi connectivity index (χ0) is 57.9. The highest BCUT2D eigenvalue weighted by Crippen LogP contribution is 2.49. The van der Waals surface area contributed by atoms with Gasteiger partial charge in [0.1, 0.15) is 37.0 Å². The van der Waals surface area contributed by atoms with E-state index in [1.54, 1.807) is 11.8 Å². The maximum Gasteiger partial charge on any atom is 0.306 e. The highest BCUT2D eigenvalue weighted by Gasteiger charge is 2.44. The minimum absolute atomic E-state index is 0.0305. The Hall–Kier alpha value is -9.40. The van der Waals surface area contributed by atoms with Gasteiger partial charge in [-0.3, -0.25) is 9.59 Å². The molecule has 8 aromatic carbocycles. The van der Waals surface area contributed by atoms with Gasteiger partial charge in [0, 0.05) is 41.8 Å². The van der Waals surface area contributed by atoms with Crippen LogP contribution < -0.4 is 4.90 Å². The van der Waals surface area contributed by atoms with Gasteiger partial charge in [-0.15, -0.1) is 11.8 Å². The Labute approximate surface area is 490 Å². The van der Waals surface area contributed by atoms with E-state index in [-0.39, 0.29) is 53.9 Å². The first kappa shape index (κ1) is 56.9. The second-order valence-corrected chi connectivity index (χ2v) is 23.1. The Morgan fingerprint density at radius 3 is 1.69 bits per heavy atom. The van der Waals surface area contributed by atoms with Gasteiger partial charge >= 0.3 is 11.9 Å². The number of likely N-dealkylation sites (N-methyl/N-ethyl adjacent to an activating group) is 1. The number of aryl methyl sites for hydroxylation is 2. The molecular formula is C73H64N4O5S. The van der Waals surface area contributed by atoms with E-state index >= 15 is 0 Å². The highest BCUT2D eigenvalue weighted by molar-refractivity contribution is 8.03. The van der Waals surface area contributed by atoms with Crippen molar-refractivity contribution in [2.75, 3.05) is 37.5 Å². The number of nitriles is 3. The van der Waals surface area contributed by atoms with Crippen LogP contribution in [0.2, 0.25) is 0 Å². The molecule has 0 amide bonds. The van der Waals surface area contributed by atoms with E-state index in [0.29, 0.717) is 37.1 Å². The molecule has 1 unspecified atom stereocenters. The van der Waals surface area contributed by atoms with Crippen molar-refractivity contribution < 1.29 is 23.8 Å². The van der Waals surface area contributed by atoms with E-state index in [1.807, 2.05) is 117 Å². The zero-order valence-electron chi connectivity index (χ0n) is 47.3. The van der Waals surface area contributed by atoms with E-state index in [4.69, 9.17) is 14.2 Å². The first-order valence-electron chi connectivity index (χ1n) is 28.1. The summed E-state index contributed by atoms with van der Waals surface area (Å²) < 4.78 is 18.2. The summed E-state index contributed by atoms with van der Waals surface area (Å²) in [5.41, 5.74) is 6.45. The number of carbonyl (C=O) groups excluding carboxylic acids is 2. The molecule has 8 aromatic rings. The monoisotopic (exact) mass is 1110 g/mol. The van der Waals surface area contributed by atoms with Crippen molar-refractivity contribution >= 4 is 78.6 Å². The molecule has 0 aromatic heterocycles. The number of thioether (sulfide) groups is 1. The number of anilines is 1. The van der Waals surface area contributed by atoms with Gasteiger partial charge in [0.15, 0.2) is 16.9 Å². The Kier molecular flexibility index (Phi) is 17.5. The SMILES string of the molecule is CN(CCOC(=O)CCc1c2ccccc2cc2ccccc12)c1ccc(/C=C/C2=C(SCCOC(=O)CCc3c4ccccc4cc4ccccc34)C(=C/C=C/C3=C(C#N)C(=C(C#N)C#N)OC3(C)c3ccccc3)/CC(C)(C)C2)cc1. The fourth-order valence-electron chi connectivity index (χ4n) is 11.6. The summed E-state index contributed by atoms with van der Waals surface area (Å²) in [5.74, 6) is 0.0289. The summed E-state index contributed by atoms with van der Waals surface area (Å²) in [6.07, 6.45) is 13.4. The van der Waals surface area contributed by atoms with Gasteiger partial charge in [-0.25, -0.2) is 0 Å². The van der Waals surface area contributed by atoms with E-state index < -0.39 is 5.60 Å². The zero-order valence-corrected chi connectivity index (χ0v) is 48.1. The molecule has 0 N–H and O–H groups in total. The quantitative estimate of drug-likeness (QED) is 0.0333. The molecule has 0 spiro atoms. The topological polar surface area (TPSA) is 136 Å². The Bertz CT molecular complexity index is 4000. The average molecular weight is 1110 g/mol. The summed E-state index contributed by atoms with van der Waals surface area (Å²) in [5, 5.41) is 39.5. The summed E-state index contributed by atoms with van der Waals surface area (Å²) in [6.45, 7) is 7.39. The number of nitrogens with zero attached hydrogens (tertiary/aromatic N) is 4. The molecule has 0 bridgehead atoms. The predicted molar refractivity (Wildman–Crippen MR) is 336 cm³/mol. The van der Waals surface area contributed by atoms with Crippen LogP contribution in [0.15, 0.2) is 227 Å². The van der Waals surface area contributed by atoms with Crippen molar-refractivity contribution in [2.45, 2.75) is 64.9 Å². The number of hydrogen-bond donors (Lipinski definition) is 0. The number of fused-ring (bicyclic) bond motifs is 4. The summed E-state index contributed by atoms with van der Waals surface area (Å²) in [6, 6.07) is 61.6. The molecule has 2 aliphatic rings. The molecule has 83 heavy (non-hydrogen) atoms. The molecule has 0 fully saturated rings. The second kappa shape index (κ2) is 25.6. The van der Waals surface area contributed by atoms with E-state index in [1.165, 1.54) is 5.56 Å². The maximum atomic E-state index is 13.5. The van der Waals surface area contributed by atoms with Crippen molar-refractivity contribution in [3.05, 3.63) is 249 Å². The van der Waals surface area contributed by atoms with Gasteiger partial charge in [-0.05, 0) is 139 Å². The Balaban J connectivity index is 0.854. The van der Waals surface area contributed by atoms with Crippen LogP contribution in [-0.2, 0) is 42.2 Å². The number of rotatable bonds is 19. The lowest BCUT2D eigenvalue weighted by Gasteiger charge is -2.34. The normalized spacial score (nSPS) is 16.4. The van der Waals surface area contributed by atoms with Crippen LogP contribution in [-0.4, -0.2) is 44.5 Å². The highest BCUT2D eigenvalue weighted by atomic mass is 32.2. The summed E-state index contributed by atoms with van der Waals surface area (Å²) >= 11 is 1.66. The molecule has 0 saturated carbocycles. The van der Waals surface area contributed by atoms with Crippen molar-refractivity contribution in [3.8, 4) is 18.2 Å². The van der Waals surface area contributed by atoms with Crippen molar-refractivity contribution in [2.24, 2.45) is 5.41 Å². The second-order valence-electron chi connectivity index (χ2n) is 22.0. The minimum atomic E-state index is -1.15. The molecule has 9 nitrogen and oxygen atoms in total. The van der Waals surface area contributed by atoms with Crippen LogP contribution >= 0.6 is 11.8 Å². The number of benzene rings is 8. The number of carbonyl (C=O) groups is 2. The minimum Gasteiger partial charge on any atom is -0.474 e. The van der Waals surface area contributed by atoms with Gasteiger partial charge in [0.05, 0.1) is 6.54 Å². The van der Waals surface area contributed by atoms with Crippen LogP contribution in [0.5, 0.6) is 0 Å². The first-order chi connectivity index (χ1) is 40.4.